The van der Waals surface area contributed by atoms with Crippen LogP contribution in [0.3, 0.4) is 0 Å². The molecule has 8 aromatic rings. The van der Waals surface area contributed by atoms with Crippen LogP contribution in [0.15, 0.2) is 133 Å². The Morgan fingerprint density at radius 1 is 0.694 bits per heavy atom. The van der Waals surface area contributed by atoms with E-state index in [1.54, 1.807) is 6.07 Å². The van der Waals surface area contributed by atoms with E-state index in [0.717, 1.165) is 104 Å². The van der Waals surface area contributed by atoms with Gasteiger partial charge in [0.05, 0.1) is 22.2 Å². The fraction of sp³-hybridized carbons (Fsp3) is 0.184. The predicted octanol–water partition coefficient (Wildman–Crippen LogP) is 7.62. The molecule has 6 heterocycles. The van der Waals surface area contributed by atoms with Gasteiger partial charge in [-0.25, -0.2) is 9.97 Å². The first-order chi connectivity index (χ1) is 30.3. The van der Waals surface area contributed by atoms with Crippen molar-refractivity contribution < 1.29 is 41.9 Å². The molecule has 4 aromatic carbocycles. The predicted molar refractivity (Wildman–Crippen MR) is 256 cm³/mol. The smallest absolute Gasteiger partial charge is 1.00 e. The second-order valence-electron chi connectivity index (χ2n) is 14.2. The largest absolute Gasteiger partial charge is 1.00 e. The van der Waals surface area contributed by atoms with E-state index in [-0.39, 0.29) is 49.0 Å². The van der Waals surface area contributed by atoms with Crippen molar-refractivity contribution in [1.29, 1.82) is 0 Å². The number of hydrogen-bond acceptors (Lipinski definition) is 7. The Morgan fingerprint density at radius 3 is 1.73 bits per heavy atom. The molecule has 4 aromatic heterocycles. The zero-order valence-electron chi connectivity index (χ0n) is 37.1. The third-order valence-corrected chi connectivity index (χ3v) is 10.6. The number of hydrogen-bond donors (Lipinski definition) is 6. The van der Waals surface area contributed by atoms with E-state index in [1.165, 1.54) is 5.69 Å². The summed E-state index contributed by atoms with van der Waals surface area (Å²) in [6.45, 7) is 7.37. The maximum atomic E-state index is 12.2. The van der Waals surface area contributed by atoms with Crippen LogP contribution in [0, 0.1) is 0 Å². The maximum Gasteiger partial charge on any atom is 1.00 e. The number of carbonyl (C=O) groups is 2. The molecule has 10 rings (SSSR count). The summed E-state index contributed by atoms with van der Waals surface area (Å²) in [6.07, 6.45) is 1.84. The number of carbonyl (C=O) groups excluding carboxylic acids is 2. The molecule has 0 saturated heterocycles. The molecule has 13 heteroatoms. The van der Waals surface area contributed by atoms with Gasteiger partial charge in [-0.1, -0.05) is 84.4 Å². The third kappa shape index (κ3) is 10.5. The summed E-state index contributed by atoms with van der Waals surface area (Å²) in [7, 11) is 0. The summed E-state index contributed by atoms with van der Waals surface area (Å²) in [5.41, 5.74) is 11.3. The molecular formula is C49H50ClN8NaO2S. The summed E-state index contributed by atoms with van der Waals surface area (Å²) in [5.74, 6) is 0.876. The number of aromatic amines is 2. The number of H-pyrrole nitrogens is 2. The Morgan fingerprint density at radius 2 is 1.21 bits per heavy atom. The van der Waals surface area contributed by atoms with Crippen LogP contribution in [0.1, 0.15) is 48.7 Å². The van der Waals surface area contributed by atoms with Crippen LogP contribution in [-0.4, -0.2) is 64.2 Å². The first-order valence-electron chi connectivity index (χ1n) is 21.0. The van der Waals surface area contributed by atoms with Gasteiger partial charge in [-0.15, -0.1) is 0 Å². The van der Waals surface area contributed by atoms with Crippen molar-refractivity contribution in [3.8, 4) is 22.5 Å². The van der Waals surface area contributed by atoms with Crippen molar-refractivity contribution in [3.63, 3.8) is 0 Å². The SMILES string of the molecule is CCN(c1ccccc1)c1ccc2cccc(-c3cc4c([nH]3)CCNC4=O)c2n1.CCNc1ccccc1.O=C1NCCc2[nH]c(-c3cccc4ccc(Cl)nc34)cc21.[2H]CS.[H-].[Na+]. The number of rotatable bonds is 7. The summed E-state index contributed by atoms with van der Waals surface area (Å²) >= 11 is 9.47. The van der Waals surface area contributed by atoms with E-state index >= 15 is 0 Å². The van der Waals surface area contributed by atoms with Crippen molar-refractivity contribution in [2.24, 2.45) is 0 Å². The summed E-state index contributed by atoms with van der Waals surface area (Å²) in [5, 5.41) is 11.5. The van der Waals surface area contributed by atoms with E-state index < -0.39 is 0 Å². The summed E-state index contributed by atoms with van der Waals surface area (Å²) < 4.78 is 6.07. The molecule has 0 spiro atoms. The van der Waals surface area contributed by atoms with Crippen LogP contribution in [0.4, 0.5) is 17.2 Å². The third-order valence-electron chi connectivity index (χ3n) is 10.4. The molecule has 0 bridgehead atoms. The number of aromatic nitrogens is 4. The average molecular weight is 875 g/mol. The van der Waals surface area contributed by atoms with Crippen LogP contribution in [0.2, 0.25) is 5.15 Å². The Hall–Kier alpha value is -5.56. The number of nitrogens with one attached hydrogen (secondary N) is 5. The first kappa shape index (κ1) is 44.5. The molecule has 0 saturated carbocycles. The molecular weight excluding hydrogens is 823 g/mol. The van der Waals surface area contributed by atoms with Gasteiger partial charge in [0, 0.05) is 96.4 Å². The van der Waals surface area contributed by atoms with Crippen LogP contribution in [-0.2, 0) is 12.8 Å². The monoisotopic (exact) mass is 873 g/mol. The van der Waals surface area contributed by atoms with Gasteiger partial charge in [-0.3, -0.25) is 9.59 Å². The van der Waals surface area contributed by atoms with Crippen LogP contribution < -0.4 is 50.4 Å². The van der Waals surface area contributed by atoms with Gasteiger partial charge in [0.2, 0.25) is 0 Å². The molecule has 2 amide bonds. The van der Waals surface area contributed by atoms with Gasteiger partial charge in [-0.2, -0.15) is 12.6 Å². The van der Waals surface area contributed by atoms with Gasteiger partial charge >= 0.3 is 29.6 Å². The normalized spacial score (nSPS) is 12.5. The number of amides is 2. The molecule has 0 radical (unpaired) electrons. The number of anilines is 3. The molecule has 62 heavy (non-hydrogen) atoms. The quantitative estimate of drug-likeness (QED) is 0.0556. The Labute approximate surface area is 397 Å². The second kappa shape index (κ2) is 22.0. The maximum absolute atomic E-state index is 12.2. The van der Waals surface area contributed by atoms with Gasteiger partial charge in [-0.05, 0) is 80.7 Å². The van der Waals surface area contributed by atoms with E-state index in [2.05, 4.69) is 111 Å². The fourth-order valence-electron chi connectivity index (χ4n) is 7.57. The number of halogens is 1. The molecule has 5 N–H and O–H groups in total. The zero-order valence-corrected chi connectivity index (χ0v) is 38.8. The Bertz CT molecular complexity index is 2790. The van der Waals surface area contributed by atoms with E-state index in [0.29, 0.717) is 18.2 Å². The van der Waals surface area contributed by atoms with Crippen LogP contribution in [0.25, 0.3) is 44.3 Å². The van der Waals surface area contributed by atoms with Gasteiger partial charge < -0.3 is 32.2 Å². The number of pyridine rings is 2. The molecule has 0 atom stereocenters. The fourth-order valence-corrected chi connectivity index (χ4v) is 7.71. The number of thiol groups is 1. The first-order valence-corrected chi connectivity index (χ1v) is 21.3. The minimum atomic E-state index is -0.0232. The van der Waals surface area contributed by atoms with Crippen molar-refractivity contribution in [3.05, 3.63) is 161 Å². The number of nitrogens with zero attached hydrogens (tertiary/aromatic N) is 3. The Balaban J connectivity index is 0.000000192. The molecule has 312 valence electrons. The van der Waals surface area contributed by atoms with E-state index in [9.17, 15) is 9.59 Å². The summed E-state index contributed by atoms with van der Waals surface area (Å²) in [6, 6.07) is 44.4. The van der Waals surface area contributed by atoms with Crippen molar-refractivity contribution in [1.82, 2.24) is 30.6 Å². The van der Waals surface area contributed by atoms with Crippen LogP contribution >= 0.6 is 24.2 Å². The second-order valence-corrected chi connectivity index (χ2v) is 14.6. The Kier molecular flexibility index (Phi) is 15.8. The average Bonchev–Trinajstić information content (AvgIpc) is 3.95. The molecule has 0 fully saturated rings. The van der Waals surface area contributed by atoms with Crippen molar-refractivity contribution in [2.45, 2.75) is 26.7 Å². The minimum absolute atomic E-state index is 0. The molecule has 2 aliphatic heterocycles. The standard InChI is InChI=1S/C24H22N4O.C16H12ClN3O.C8H11N.CH4S.Na.H/c1-2-28(17-8-4-3-5-9-17)22-12-11-16-7-6-10-18(23(16)27-22)21-15-19-20(26-21)13-14-25-24(19)29;17-14-5-4-9-2-1-3-10(15(9)20-14)13-8-11-12(19-13)6-7-18-16(11)21;1-2-9-8-6-4-3-5-7-8;1-2;;/h3-12,15,26H,2,13-14H2,1H3,(H,25,29);1-5,8,19H,6-7H2,(H,18,21);3-7,9H,2H2,1H3;2H,1H3;;/q;;;;+1;-1/i;;;1D;;. The number of benzene rings is 4. The topological polar surface area (TPSA) is 131 Å². The summed E-state index contributed by atoms with van der Waals surface area (Å²) in [4.78, 5) is 42.5. The minimum Gasteiger partial charge on any atom is -1.00 e. The molecule has 10 nitrogen and oxygen atoms in total. The molecule has 0 unspecified atom stereocenters. The van der Waals surface area contributed by atoms with E-state index in [1.807, 2.05) is 78.9 Å². The van der Waals surface area contributed by atoms with E-state index in [4.69, 9.17) is 18.0 Å². The number of para-hydroxylation sites is 4. The van der Waals surface area contributed by atoms with Crippen molar-refractivity contribution in [2.75, 3.05) is 42.6 Å². The zero-order chi connectivity index (χ0) is 43.4. The van der Waals surface area contributed by atoms with Crippen LogP contribution in [0.5, 0.6) is 0 Å². The number of fused-ring (bicyclic) bond motifs is 4. The molecule has 0 aliphatic carbocycles. The molecule has 2 aliphatic rings. The van der Waals surface area contributed by atoms with Gasteiger partial charge in [0.15, 0.2) is 0 Å². The van der Waals surface area contributed by atoms with Gasteiger partial charge in [0.1, 0.15) is 11.0 Å². The van der Waals surface area contributed by atoms with Crippen molar-refractivity contribution >= 4 is 75.0 Å². The van der Waals surface area contributed by atoms with Gasteiger partial charge in [0.25, 0.3) is 11.8 Å².